The normalized spacial score (nSPS) is 20.7. The van der Waals surface area contributed by atoms with E-state index in [9.17, 15) is 14.7 Å². The molecule has 2 aromatic heterocycles. The number of ether oxygens (including phenoxy) is 1. The number of aromatic nitrogens is 1. The van der Waals surface area contributed by atoms with E-state index in [4.69, 9.17) is 9.15 Å². The zero-order valence-corrected chi connectivity index (χ0v) is 17.3. The van der Waals surface area contributed by atoms with E-state index in [0.717, 1.165) is 18.1 Å². The Balaban J connectivity index is 1.65. The molecule has 0 unspecified atom stereocenters. The summed E-state index contributed by atoms with van der Waals surface area (Å²) < 4.78 is 10.9. The first-order chi connectivity index (χ1) is 14.0. The summed E-state index contributed by atoms with van der Waals surface area (Å²) in [5.74, 6) is -0.955. The molecule has 1 fully saturated rings. The summed E-state index contributed by atoms with van der Waals surface area (Å²) in [5, 5.41) is 11.4. The number of Topliss-reactive ketones (excluding diaryl/α,β-unsaturated/α-hetero) is 1. The van der Waals surface area contributed by atoms with E-state index in [1.54, 1.807) is 19.1 Å². The fourth-order valence-corrected chi connectivity index (χ4v) is 4.79. The minimum absolute atomic E-state index is 0.0636. The van der Waals surface area contributed by atoms with Crippen LogP contribution in [0, 0.1) is 13.8 Å². The van der Waals surface area contributed by atoms with Gasteiger partial charge in [0.15, 0.2) is 5.76 Å². The lowest BCUT2D eigenvalue weighted by Gasteiger charge is -2.28. The molecule has 4 heterocycles. The smallest absolute Gasteiger partial charge is 0.290 e. The number of aliphatic hydroxyl groups is 1. The van der Waals surface area contributed by atoms with Crippen LogP contribution in [0.15, 0.2) is 34.1 Å². The highest BCUT2D eigenvalue weighted by Gasteiger charge is 2.46. The number of nitrogens with zero attached hydrogens (tertiary/aromatic N) is 2. The van der Waals surface area contributed by atoms with Crippen LogP contribution >= 0.6 is 11.3 Å². The van der Waals surface area contributed by atoms with Gasteiger partial charge in [0.2, 0.25) is 5.78 Å². The van der Waals surface area contributed by atoms with Crippen molar-refractivity contribution in [2.45, 2.75) is 19.9 Å². The number of quaternary nitrogens is 1. The third-order valence-corrected chi connectivity index (χ3v) is 6.45. The van der Waals surface area contributed by atoms with Crippen molar-refractivity contribution < 1.29 is 28.7 Å². The Kier molecular flexibility index (Phi) is 5.53. The molecule has 2 aliphatic heterocycles. The molecule has 0 radical (unpaired) electrons. The van der Waals surface area contributed by atoms with Gasteiger partial charge in [-0.25, -0.2) is 4.98 Å². The third kappa shape index (κ3) is 3.73. The summed E-state index contributed by atoms with van der Waals surface area (Å²) in [7, 11) is 0. The molecule has 8 nitrogen and oxygen atoms in total. The topological polar surface area (TPSA) is 97.3 Å². The number of hydrogen-bond donors (Lipinski definition) is 2. The molecule has 0 aromatic carbocycles. The van der Waals surface area contributed by atoms with Crippen LogP contribution in [0.3, 0.4) is 0 Å². The van der Waals surface area contributed by atoms with E-state index < -0.39 is 17.7 Å². The molecule has 4 rings (SSSR count). The van der Waals surface area contributed by atoms with Gasteiger partial charge in [-0.2, -0.15) is 0 Å². The number of nitrogens with one attached hydrogen (secondary N) is 1. The molecular formula is C20H24N3O5S+. The van der Waals surface area contributed by atoms with Crippen molar-refractivity contribution in [2.75, 3.05) is 39.4 Å². The Morgan fingerprint density at radius 1 is 1.38 bits per heavy atom. The summed E-state index contributed by atoms with van der Waals surface area (Å²) in [6.45, 7) is 7.83. The number of aliphatic hydroxyl groups excluding tert-OH is 1. The van der Waals surface area contributed by atoms with E-state index in [1.165, 1.54) is 27.4 Å². The molecule has 1 saturated heterocycles. The quantitative estimate of drug-likeness (QED) is 0.675. The minimum Gasteiger partial charge on any atom is -0.503 e. The van der Waals surface area contributed by atoms with Gasteiger partial charge in [0.1, 0.15) is 24.9 Å². The summed E-state index contributed by atoms with van der Waals surface area (Å²) in [6, 6.07) is 2.70. The van der Waals surface area contributed by atoms with Gasteiger partial charge < -0.3 is 24.1 Å². The summed E-state index contributed by atoms with van der Waals surface area (Å²) in [5.41, 5.74) is 0.660. The first kappa shape index (κ1) is 19.8. The number of aryl methyl sites for hydroxylation is 2. The van der Waals surface area contributed by atoms with Gasteiger partial charge in [-0.1, -0.05) is 0 Å². The molecule has 0 saturated carbocycles. The molecule has 0 aliphatic carbocycles. The predicted octanol–water partition coefficient (Wildman–Crippen LogP) is 0.846. The van der Waals surface area contributed by atoms with Crippen LogP contribution in [-0.2, 0) is 9.53 Å². The lowest BCUT2D eigenvalue weighted by Crippen LogP contribution is -3.14. The maximum atomic E-state index is 13.3. The van der Waals surface area contributed by atoms with Crippen LogP contribution in [0.4, 0.5) is 0 Å². The highest BCUT2D eigenvalue weighted by Crippen LogP contribution is 2.39. The monoisotopic (exact) mass is 418 g/mol. The molecule has 1 atom stereocenters. The summed E-state index contributed by atoms with van der Waals surface area (Å²) >= 11 is 1.26. The first-order valence-electron chi connectivity index (χ1n) is 9.65. The zero-order chi connectivity index (χ0) is 20.5. The molecule has 2 aliphatic rings. The largest absolute Gasteiger partial charge is 0.503 e. The second kappa shape index (κ2) is 8.10. The maximum absolute atomic E-state index is 13.3. The van der Waals surface area contributed by atoms with E-state index in [2.05, 4.69) is 4.98 Å². The van der Waals surface area contributed by atoms with Crippen LogP contribution in [0.5, 0.6) is 0 Å². The van der Waals surface area contributed by atoms with Crippen molar-refractivity contribution in [3.63, 3.8) is 0 Å². The van der Waals surface area contributed by atoms with Crippen LogP contribution in [-0.4, -0.2) is 66.1 Å². The molecular weight excluding hydrogens is 394 g/mol. The highest BCUT2D eigenvalue weighted by atomic mass is 32.1. The van der Waals surface area contributed by atoms with Crippen LogP contribution in [0.25, 0.3) is 0 Å². The molecule has 29 heavy (non-hydrogen) atoms. The fraction of sp³-hybridized carbons (Fsp3) is 0.450. The van der Waals surface area contributed by atoms with Crippen LogP contribution in [0.1, 0.15) is 32.2 Å². The van der Waals surface area contributed by atoms with Crippen molar-refractivity contribution >= 4 is 23.0 Å². The van der Waals surface area contributed by atoms with Gasteiger partial charge >= 0.3 is 0 Å². The molecule has 2 aromatic rings. The number of amides is 1. The van der Waals surface area contributed by atoms with E-state index in [1.807, 2.05) is 6.92 Å². The maximum Gasteiger partial charge on any atom is 0.290 e. The number of thiazole rings is 1. The van der Waals surface area contributed by atoms with Gasteiger partial charge in [-0.3, -0.25) is 9.59 Å². The molecule has 154 valence electrons. The van der Waals surface area contributed by atoms with Crippen LogP contribution < -0.4 is 4.90 Å². The lowest BCUT2D eigenvalue weighted by atomic mass is 9.99. The summed E-state index contributed by atoms with van der Waals surface area (Å²) in [4.78, 5) is 33.8. The minimum atomic E-state index is -0.743. The number of ketones is 1. The van der Waals surface area contributed by atoms with Gasteiger partial charge in [0, 0.05) is 0 Å². The van der Waals surface area contributed by atoms with E-state index in [-0.39, 0.29) is 11.4 Å². The lowest BCUT2D eigenvalue weighted by molar-refractivity contribution is -0.907. The number of carbonyl (C=O) groups excluding carboxylic acids is 2. The fourth-order valence-electron chi connectivity index (χ4n) is 3.91. The number of rotatable bonds is 6. The van der Waals surface area contributed by atoms with Gasteiger partial charge in [0.25, 0.3) is 5.91 Å². The molecule has 0 bridgehead atoms. The first-order valence-corrected chi connectivity index (χ1v) is 10.5. The van der Waals surface area contributed by atoms with Crippen LogP contribution in [0.2, 0.25) is 0 Å². The van der Waals surface area contributed by atoms with Crippen molar-refractivity contribution in [3.05, 3.63) is 51.1 Å². The highest BCUT2D eigenvalue weighted by molar-refractivity contribution is 7.14. The predicted molar refractivity (Wildman–Crippen MR) is 105 cm³/mol. The van der Waals surface area contributed by atoms with Crippen molar-refractivity contribution in [1.82, 2.24) is 9.88 Å². The van der Waals surface area contributed by atoms with Gasteiger partial charge in [-0.05, 0) is 26.0 Å². The van der Waals surface area contributed by atoms with Gasteiger partial charge in [0.05, 0.1) is 53.7 Å². The zero-order valence-electron chi connectivity index (χ0n) is 16.4. The Hall–Kier alpha value is -2.49. The van der Waals surface area contributed by atoms with Crippen molar-refractivity contribution in [1.29, 1.82) is 0 Å². The Morgan fingerprint density at radius 3 is 2.76 bits per heavy atom. The second-order valence-electron chi connectivity index (χ2n) is 7.27. The van der Waals surface area contributed by atoms with E-state index in [0.29, 0.717) is 42.6 Å². The van der Waals surface area contributed by atoms with Gasteiger partial charge in [-0.15, -0.1) is 11.3 Å². The molecule has 2 N–H and O–H groups in total. The molecule has 9 heteroatoms. The average Bonchev–Trinajstić information content (AvgIpc) is 3.41. The van der Waals surface area contributed by atoms with Crippen molar-refractivity contribution in [2.24, 2.45) is 0 Å². The SMILES string of the molecule is Cc1nc(C)c(C(=O)C2=C(O)C(=O)N(CC[NH+]3CCOCC3)[C@@H]2c2ccco2)s1. The average molecular weight is 418 g/mol. The standard InChI is InChI=1S/C20H23N3O5S/c1-12-19(29-13(2)21-12)17(24)15-16(14-4-3-9-28-14)23(20(26)18(15)25)6-5-22-7-10-27-11-8-22/h3-4,9,16,25H,5-8,10-11H2,1-2H3/p+1/t16-/m1/s1. The Morgan fingerprint density at radius 2 is 2.14 bits per heavy atom. The Bertz CT molecular complexity index is 943. The molecule has 1 amide bonds. The Labute approximate surface area is 172 Å². The van der Waals surface area contributed by atoms with E-state index >= 15 is 0 Å². The second-order valence-corrected chi connectivity index (χ2v) is 8.47. The molecule has 0 spiro atoms. The number of furan rings is 1. The number of morpholine rings is 1. The summed E-state index contributed by atoms with van der Waals surface area (Å²) in [6.07, 6.45) is 1.50. The number of hydrogen-bond acceptors (Lipinski definition) is 7. The number of carbonyl (C=O) groups is 2. The van der Waals surface area contributed by atoms with Crippen molar-refractivity contribution in [3.8, 4) is 0 Å². The third-order valence-electron chi connectivity index (χ3n) is 5.38.